The number of nitrogens with zero attached hydrogens (tertiary/aromatic N) is 3. The first-order valence-corrected chi connectivity index (χ1v) is 15.8. The van der Waals surface area contributed by atoms with E-state index in [1.54, 1.807) is 11.6 Å². The van der Waals surface area contributed by atoms with Crippen molar-refractivity contribution >= 4 is 35.1 Å². The number of esters is 2. The average Bonchev–Trinajstić information content (AvgIpc) is 3.50. The maximum absolute atomic E-state index is 14.1. The summed E-state index contributed by atoms with van der Waals surface area (Å²) in [7, 11) is 0. The van der Waals surface area contributed by atoms with Crippen LogP contribution in [0.5, 0.6) is 5.88 Å². The van der Waals surface area contributed by atoms with Crippen molar-refractivity contribution in [3.63, 3.8) is 0 Å². The molecule has 0 aliphatic heterocycles. The van der Waals surface area contributed by atoms with Gasteiger partial charge in [-0.1, -0.05) is 131 Å². The van der Waals surface area contributed by atoms with Crippen LogP contribution >= 0.6 is 23.2 Å². The molecule has 4 aromatic carbocycles. The van der Waals surface area contributed by atoms with Crippen LogP contribution in [0.15, 0.2) is 103 Å². The SMILES string of the molecule is CCC(=O)OCOC(=O)c1c(OC2CCc3cc(Cl)c(Cl)cc3C2)nnn1C(c1ccccc1)(c1ccccc1)c1ccccc1. The van der Waals surface area contributed by atoms with E-state index in [0.29, 0.717) is 29.3 Å². The van der Waals surface area contributed by atoms with E-state index < -0.39 is 24.3 Å². The predicted octanol–water partition coefficient (Wildman–Crippen LogP) is 7.43. The number of benzene rings is 4. The molecule has 0 radical (unpaired) electrons. The molecule has 8 nitrogen and oxygen atoms in total. The van der Waals surface area contributed by atoms with Crippen molar-refractivity contribution in [2.45, 2.75) is 44.2 Å². The minimum atomic E-state index is -1.17. The molecule has 1 aliphatic carbocycles. The average molecular weight is 657 g/mol. The van der Waals surface area contributed by atoms with Crippen LogP contribution in [0, 0.1) is 0 Å². The summed E-state index contributed by atoms with van der Waals surface area (Å²) in [5.41, 5.74) is 3.41. The Morgan fingerprint density at radius 2 is 1.37 bits per heavy atom. The third-order valence-electron chi connectivity index (χ3n) is 8.13. The van der Waals surface area contributed by atoms with Gasteiger partial charge in [0.1, 0.15) is 11.6 Å². The fraction of sp³-hybridized carbons (Fsp3) is 0.222. The molecule has 0 bridgehead atoms. The fourth-order valence-corrected chi connectivity index (χ4v) is 6.33. The molecular weight excluding hydrogens is 625 g/mol. The zero-order chi connectivity index (χ0) is 32.1. The Bertz CT molecular complexity index is 1730. The minimum Gasteiger partial charge on any atom is -0.471 e. The highest BCUT2D eigenvalue weighted by Gasteiger charge is 2.44. The van der Waals surface area contributed by atoms with Gasteiger partial charge in [-0.2, -0.15) is 0 Å². The summed E-state index contributed by atoms with van der Waals surface area (Å²) in [5, 5.41) is 10.1. The molecule has 46 heavy (non-hydrogen) atoms. The van der Waals surface area contributed by atoms with E-state index >= 15 is 0 Å². The lowest BCUT2D eigenvalue weighted by Crippen LogP contribution is -2.41. The van der Waals surface area contributed by atoms with E-state index in [-0.39, 0.29) is 24.1 Å². The standard InChI is InChI=1S/C36H31Cl2N3O5/c1-2-32(42)44-23-45-35(43)33-34(46-29-19-18-24-21-30(37)31(38)22-25(24)20-29)39-40-41(33)36(26-12-6-3-7-13-26,27-14-8-4-9-15-27)28-16-10-5-11-17-28/h3-17,21-22,29H,2,18-20,23H2,1H3. The highest BCUT2D eigenvalue weighted by atomic mass is 35.5. The number of rotatable bonds is 10. The number of carbonyl (C=O) groups excluding carboxylic acids is 2. The number of ether oxygens (including phenoxy) is 3. The Labute approximate surface area is 276 Å². The van der Waals surface area contributed by atoms with Gasteiger partial charge in [-0.05, 0) is 52.8 Å². The molecule has 0 amide bonds. The molecule has 1 aromatic heterocycles. The van der Waals surface area contributed by atoms with Gasteiger partial charge in [-0.25, -0.2) is 9.48 Å². The Hall–Kier alpha value is -4.66. The van der Waals surface area contributed by atoms with Gasteiger partial charge in [-0.15, -0.1) is 0 Å². The van der Waals surface area contributed by atoms with Crippen molar-refractivity contribution in [3.05, 3.63) is 147 Å². The number of halogens is 2. The van der Waals surface area contributed by atoms with Gasteiger partial charge < -0.3 is 14.2 Å². The number of carbonyl (C=O) groups is 2. The van der Waals surface area contributed by atoms with Gasteiger partial charge in [0.15, 0.2) is 0 Å². The van der Waals surface area contributed by atoms with E-state index in [9.17, 15) is 9.59 Å². The van der Waals surface area contributed by atoms with Crippen LogP contribution in [0.3, 0.4) is 0 Å². The summed E-state index contributed by atoms with van der Waals surface area (Å²) in [5.74, 6) is -1.29. The Morgan fingerprint density at radius 3 is 1.91 bits per heavy atom. The first kappa shape index (κ1) is 31.3. The molecule has 1 atom stereocenters. The second-order valence-electron chi connectivity index (χ2n) is 10.9. The Balaban J connectivity index is 1.51. The number of aromatic nitrogens is 3. The number of hydrogen-bond donors (Lipinski definition) is 0. The topological polar surface area (TPSA) is 92.5 Å². The molecule has 234 valence electrons. The zero-order valence-electron chi connectivity index (χ0n) is 25.1. The molecular formula is C36H31Cl2N3O5. The first-order chi connectivity index (χ1) is 22.4. The Kier molecular flexibility index (Phi) is 9.38. The summed E-state index contributed by atoms with van der Waals surface area (Å²) in [6.45, 7) is 1.09. The summed E-state index contributed by atoms with van der Waals surface area (Å²) in [6, 6.07) is 33.0. The summed E-state index contributed by atoms with van der Waals surface area (Å²) in [4.78, 5) is 25.9. The normalized spacial score (nSPS) is 14.3. The van der Waals surface area contributed by atoms with Gasteiger partial charge in [0.2, 0.25) is 12.5 Å². The lowest BCUT2D eigenvalue weighted by Gasteiger charge is -2.36. The van der Waals surface area contributed by atoms with Crippen molar-refractivity contribution in [1.29, 1.82) is 0 Å². The van der Waals surface area contributed by atoms with E-state index in [0.717, 1.165) is 27.8 Å². The number of aryl methyl sites for hydroxylation is 1. The molecule has 10 heteroatoms. The van der Waals surface area contributed by atoms with Crippen LogP contribution < -0.4 is 4.74 Å². The van der Waals surface area contributed by atoms with E-state index in [1.807, 2.05) is 103 Å². The minimum absolute atomic E-state index is 0.00694. The quantitative estimate of drug-likeness (QED) is 0.0877. The van der Waals surface area contributed by atoms with Gasteiger partial charge in [0, 0.05) is 12.8 Å². The lowest BCUT2D eigenvalue weighted by molar-refractivity contribution is -0.151. The second-order valence-corrected chi connectivity index (χ2v) is 11.7. The van der Waals surface area contributed by atoms with Crippen LogP contribution in [-0.4, -0.2) is 39.8 Å². The monoisotopic (exact) mass is 655 g/mol. The van der Waals surface area contributed by atoms with Gasteiger partial charge in [0.25, 0.3) is 5.88 Å². The molecule has 1 heterocycles. The van der Waals surface area contributed by atoms with Gasteiger partial charge >= 0.3 is 11.9 Å². The van der Waals surface area contributed by atoms with Crippen molar-refractivity contribution in [1.82, 2.24) is 15.0 Å². The van der Waals surface area contributed by atoms with E-state index in [4.69, 9.17) is 37.4 Å². The third-order valence-corrected chi connectivity index (χ3v) is 8.85. The van der Waals surface area contributed by atoms with Crippen LogP contribution in [0.25, 0.3) is 0 Å². The molecule has 0 saturated carbocycles. The van der Waals surface area contributed by atoms with Crippen LogP contribution in [0.2, 0.25) is 10.0 Å². The number of hydrogen-bond acceptors (Lipinski definition) is 7. The van der Waals surface area contributed by atoms with Crippen LogP contribution in [0.4, 0.5) is 0 Å². The highest BCUT2D eigenvalue weighted by Crippen LogP contribution is 2.42. The van der Waals surface area contributed by atoms with Crippen LogP contribution in [-0.2, 0) is 32.6 Å². The third kappa shape index (κ3) is 6.10. The summed E-state index contributed by atoms with van der Waals surface area (Å²) in [6.07, 6.45) is 1.70. The van der Waals surface area contributed by atoms with Crippen molar-refractivity contribution in [2.24, 2.45) is 0 Å². The Morgan fingerprint density at radius 1 is 0.826 bits per heavy atom. The van der Waals surface area contributed by atoms with Gasteiger partial charge in [-0.3, -0.25) is 4.79 Å². The van der Waals surface area contributed by atoms with E-state index in [1.165, 1.54) is 0 Å². The second kappa shape index (κ2) is 13.8. The molecule has 1 unspecified atom stereocenters. The first-order valence-electron chi connectivity index (χ1n) is 15.0. The summed E-state index contributed by atoms with van der Waals surface area (Å²) >= 11 is 12.6. The lowest BCUT2D eigenvalue weighted by atomic mass is 9.77. The molecule has 5 aromatic rings. The summed E-state index contributed by atoms with van der Waals surface area (Å²) < 4.78 is 18.7. The highest BCUT2D eigenvalue weighted by molar-refractivity contribution is 6.42. The molecule has 0 fully saturated rings. The van der Waals surface area contributed by atoms with Crippen molar-refractivity contribution in [3.8, 4) is 5.88 Å². The molecule has 0 saturated heterocycles. The van der Waals surface area contributed by atoms with Gasteiger partial charge in [0.05, 0.1) is 10.0 Å². The van der Waals surface area contributed by atoms with Crippen molar-refractivity contribution < 1.29 is 23.8 Å². The molecule has 0 spiro atoms. The smallest absolute Gasteiger partial charge is 0.365 e. The largest absolute Gasteiger partial charge is 0.471 e. The number of fused-ring (bicyclic) bond motifs is 1. The van der Waals surface area contributed by atoms with Crippen LogP contribution in [0.1, 0.15) is 58.1 Å². The van der Waals surface area contributed by atoms with Crippen molar-refractivity contribution in [2.75, 3.05) is 6.79 Å². The molecule has 0 N–H and O–H groups in total. The fourth-order valence-electron chi connectivity index (χ4n) is 5.95. The van der Waals surface area contributed by atoms with E-state index in [2.05, 4.69) is 10.3 Å². The predicted molar refractivity (Wildman–Crippen MR) is 174 cm³/mol. The maximum atomic E-state index is 14.1. The molecule has 1 aliphatic rings. The maximum Gasteiger partial charge on any atom is 0.365 e. The zero-order valence-corrected chi connectivity index (χ0v) is 26.6. The molecule has 6 rings (SSSR count).